The molecule has 2 heteroatoms. The molecule has 0 fully saturated rings. The Balaban J connectivity index is 3.29. The lowest BCUT2D eigenvalue weighted by atomic mass is 9.86. The first-order valence-corrected chi connectivity index (χ1v) is 9.45. The van der Waals surface area contributed by atoms with Gasteiger partial charge in [0.15, 0.2) is 0 Å². The van der Waals surface area contributed by atoms with Crippen LogP contribution >= 0.6 is 0 Å². The minimum atomic E-state index is -0.336. The first kappa shape index (κ1) is 21.2. The van der Waals surface area contributed by atoms with Crippen molar-refractivity contribution in [1.82, 2.24) is 0 Å². The van der Waals surface area contributed by atoms with E-state index in [9.17, 15) is 4.79 Å². The smallest absolute Gasteiger partial charge is 0.223 e. The van der Waals surface area contributed by atoms with Gasteiger partial charge in [-0.25, -0.2) is 0 Å². The number of hydrogen-bond acceptors (Lipinski definition) is 1. The summed E-state index contributed by atoms with van der Waals surface area (Å²) < 4.78 is 0. The number of primary amides is 1. The number of hydrogen-bond donors (Lipinski definition) is 1. The van der Waals surface area contributed by atoms with Gasteiger partial charge in [0.1, 0.15) is 0 Å². The van der Waals surface area contributed by atoms with Crippen molar-refractivity contribution >= 4 is 5.91 Å². The van der Waals surface area contributed by atoms with Gasteiger partial charge in [-0.1, -0.05) is 84.3 Å². The molecule has 0 aromatic rings. The Morgan fingerprint density at radius 3 is 1.77 bits per heavy atom. The Hall–Kier alpha value is -0.790. The van der Waals surface area contributed by atoms with Gasteiger partial charge in [0.2, 0.25) is 5.91 Å². The largest absolute Gasteiger partial charge is 0.369 e. The fourth-order valence-corrected chi connectivity index (χ4v) is 2.58. The van der Waals surface area contributed by atoms with Gasteiger partial charge in [-0.15, -0.1) is 0 Å². The average molecular weight is 310 g/mol. The number of carbonyl (C=O) groups is 1. The molecule has 0 rings (SSSR count). The molecule has 0 radical (unpaired) electrons. The molecule has 0 spiro atoms. The normalized spacial score (nSPS) is 12.1. The molecule has 1 amide bonds. The number of allylic oxidation sites excluding steroid dienone is 2. The minimum Gasteiger partial charge on any atom is -0.369 e. The summed E-state index contributed by atoms with van der Waals surface area (Å²) in [7, 11) is 0. The van der Waals surface area contributed by atoms with Gasteiger partial charge < -0.3 is 5.73 Å². The van der Waals surface area contributed by atoms with Crippen LogP contribution in [0.2, 0.25) is 0 Å². The van der Waals surface area contributed by atoms with Crippen LogP contribution in [0.5, 0.6) is 0 Å². The van der Waals surface area contributed by atoms with Crippen LogP contribution in [0.25, 0.3) is 0 Å². The average Bonchev–Trinajstić information content (AvgIpc) is 2.47. The van der Waals surface area contributed by atoms with E-state index in [2.05, 4.69) is 19.1 Å². The second-order valence-corrected chi connectivity index (χ2v) is 7.23. The fourth-order valence-electron chi connectivity index (χ4n) is 2.58. The molecule has 2 nitrogen and oxygen atoms in total. The molecule has 2 N–H and O–H groups in total. The van der Waals surface area contributed by atoms with Gasteiger partial charge in [0.05, 0.1) is 0 Å². The van der Waals surface area contributed by atoms with E-state index < -0.39 is 0 Å². The second kappa shape index (κ2) is 13.8. The van der Waals surface area contributed by atoms with Gasteiger partial charge in [0.25, 0.3) is 0 Å². The van der Waals surface area contributed by atoms with Crippen molar-refractivity contribution in [3.8, 4) is 0 Å². The van der Waals surface area contributed by atoms with Gasteiger partial charge in [-0.3, -0.25) is 4.79 Å². The number of unbranched alkanes of at least 4 members (excludes halogenated alkanes) is 10. The van der Waals surface area contributed by atoms with Crippen molar-refractivity contribution in [2.24, 2.45) is 11.1 Å². The highest BCUT2D eigenvalue weighted by molar-refractivity contribution is 5.79. The molecule has 0 unspecified atom stereocenters. The van der Waals surface area contributed by atoms with Crippen molar-refractivity contribution in [2.45, 2.75) is 104 Å². The lowest BCUT2D eigenvalue weighted by molar-refractivity contribution is -0.126. The zero-order chi connectivity index (χ0) is 16.7. The molecule has 0 bridgehead atoms. The summed E-state index contributed by atoms with van der Waals surface area (Å²) in [5, 5.41) is 0. The number of nitrogens with two attached hydrogens (primary N) is 1. The topological polar surface area (TPSA) is 43.1 Å². The van der Waals surface area contributed by atoms with Crippen molar-refractivity contribution in [1.29, 1.82) is 0 Å². The molecule has 130 valence electrons. The summed E-state index contributed by atoms with van der Waals surface area (Å²) in [6.45, 7) is 6.15. The van der Waals surface area contributed by atoms with Gasteiger partial charge >= 0.3 is 0 Å². The zero-order valence-electron chi connectivity index (χ0n) is 15.3. The lowest BCUT2D eigenvalue weighted by Gasteiger charge is -2.19. The van der Waals surface area contributed by atoms with E-state index in [0.717, 1.165) is 12.8 Å². The Kier molecular flexibility index (Phi) is 13.3. The van der Waals surface area contributed by atoms with Crippen LogP contribution in [0.15, 0.2) is 12.2 Å². The number of rotatable bonds is 15. The summed E-state index contributed by atoms with van der Waals surface area (Å²) in [4.78, 5) is 11.2. The lowest BCUT2D eigenvalue weighted by Crippen LogP contribution is -2.31. The van der Waals surface area contributed by atoms with Crippen LogP contribution in [0.3, 0.4) is 0 Å². The van der Waals surface area contributed by atoms with E-state index in [-0.39, 0.29) is 11.3 Å². The predicted octanol–water partition coefficient (Wildman–Crippen LogP) is 6.15. The number of carbonyl (C=O) groups excluding carboxylic acids is 1. The molecule has 0 aromatic heterocycles. The highest BCUT2D eigenvalue weighted by Gasteiger charge is 2.23. The van der Waals surface area contributed by atoms with Crippen LogP contribution < -0.4 is 5.73 Å². The fraction of sp³-hybridized carbons (Fsp3) is 0.850. The third-order valence-electron chi connectivity index (χ3n) is 4.48. The Morgan fingerprint density at radius 1 is 0.818 bits per heavy atom. The van der Waals surface area contributed by atoms with Crippen molar-refractivity contribution in [3.63, 3.8) is 0 Å². The maximum atomic E-state index is 11.2. The summed E-state index contributed by atoms with van der Waals surface area (Å²) in [5.74, 6) is -0.176. The van der Waals surface area contributed by atoms with Crippen molar-refractivity contribution in [3.05, 3.63) is 12.2 Å². The first-order chi connectivity index (χ1) is 10.5. The third kappa shape index (κ3) is 12.9. The summed E-state index contributed by atoms with van der Waals surface area (Å²) >= 11 is 0. The monoisotopic (exact) mass is 309 g/mol. The van der Waals surface area contributed by atoms with Crippen LogP contribution in [-0.4, -0.2) is 5.91 Å². The maximum absolute atomic E-state index is 11.2. The van der Waals surface area contributed by atoms with E-state index in [1.807, 2.05) is 13.8 Å². The maximum Gasteiger partial charge on any atom is 0.223 e. The van der Waals surface area contributed by atoms with Crippen molar-refractivity contribution in [2.75, 3.05) is 0 Å². The molecule has 0 aromatic carbocycles. The standard InChI is InChI=1S/C20H39NO/c1-4-5-6-7-8-9-10-11-12-13-14-15-16-17-18-20(2,3)19(21)22/h11-12H,4-10,13-18H2,1-3H3,(H2,21,22)/b12-11-. The quantitative estimate of drug-likeness (QED) is 0.286. The molecule has 0 aliphatic rings. The Labute approximate surface area is 138 Å². The number of amides is 1. The molecule has 22 heavy (non-hydrogen) atoms. The van der Waals surface area contributed by atoms with E-state index >= 15 is 0 Å². The van der Waals surface area contributed by atoms with E-state index in [0.29, 0.717) is 0 Å². The molecule has 0 aliphatic carbocycles. The minimum absolute atomic E-state index is 0.176. The van der Waals surface area contributed by atoms with E-state index in [1.165, 1.54) is 70.6 Å². The Bertz CT molecular complexity index is 294. The SMILES string of the molecule is CCCCCCCC/C=C\CCCCCCC(C)(C)C(N)=O. The molecular weight excluding hydrogens is 270 g/mol. The second-order valence-electron chi connectivity index (χ2n) is 7.23. The summed E-state index contributed by atoms with van der Waals surface area (Å²) in [6.07, 6.45) is 21.2. The summed E-state index contributed by atoms with van der Waals surface area (Å²) in [5.41, 5.74) is 5.04. The summed E-state index contributed by atoms with van der Waals surface area (Å²) in [6, 6.07) is 0. The molecule has 0 saturated heterocycles. The van der Waals surface area contributed by atoms with Crippen molar-refractivity contribution < 1.29 is 4.79 Å². The first-order valence-electron chi connectivity index (χ1n) is 9.45. The van der Waals surface area contributed by atoms with Gasteiger partial charge in [-0.2, -0.15) is 0 Å². The van der Waals surface area contributed by atoms with Crippen LogP contribution in [-0.2, 0) is 4.79 Å². The Morgan fingerprint density at radius 2 is 1.27 bits per heavy atom. The van der Waals surface area contributed by atoms with Crippen LogP contribution in [0.1, 0.15) is 104 Å². The van der Waals surface area contributed by atoms with E-state index in [1.54, 1.807) is 0 Å². The highest BCUT2D eigenvalue weighted by Crippen LogP contribution is 2.23. The molecule has 0 saturated carbocycles. The van der Waals surface area contributed by atoms with E-state index in [4.69, 9.17) is 5.73 Å². The van der Waals surface area contributed by atoms with Gasteiger partial charge in [0, 0.05) is 5.41 Å². The van der Waals surface area contributed by atoms with Crippen LogP contribution in [0.4, 0.5) is 0 Å². The molecule has 0 heterocycles. The zero-order valence-corrected chi connectivity index (χ0v) is 15.3. The molecular formula is C20H39NO. The molecule has 0 aliphatic heterocycles. The molecule has 0 atom stereocenters. The van der Waals surface area contributed by atoms with Gasteiger partial charge in [-0.05, 0) is 32.1 Å². The predicted molar refractivity (Wildman–Crippen MR) is 97.8 cm³/mol. The highest BCUT2D eigenvalue weighted by atomic mass is 16.1. The van der Waals surface area contributed by atoms with Crippen LogP contribution in [0, 0.1) is 5.41 Å². The third-order valence-corrected chi connectivity index (χ3v) is 4.48.